The zero-order chi connectivity index (χ0) is 14.1. The van der Waals surface area contributed by atoms with E-state index in [9.17, 15) is 9.18 Å². The van der Waals surface area contributed by atoms with Crippen molar-refractivity contribution in [1.82, 2.24) is 4.98 Å². The number of hydrogen-bond acceptors (Lipinski definition) is 4. The van der Waals surface area contributed by atoms with Crippen LogP contribution in [0.15, 0.2) is 57.0 Å². The van der Waals surface area contributed by atoms with Crippen molar-refractivity contribution in [3.05, 3.63) is 53.8 Å². The molecule has 0 aliphatic carbocycles. The first kappa shape index (κ1) is 12.9. The van der Waals surface area contributed by atoms with E-state index in [1.54, 1.807) is 12.1 Å². The van der Waals surface area contributed by atoms with Gasteiger partial charge in [0.05, 0.1) is 4.90 Å². The summed E-state index contributed by atoms with van der Waals surface area (Å²) in [4.78, 5) is 16.1. The molecule has 3 rings (SSSR count). The van der Waals surface area contributed by atoms with Gasteiger partial charge in [-0.25, -0.2) is 9.37 Å². The maximum absolute atomic E-state index is 13.9. The number of aromatic nitrogens is 1. The van der Waals surface area contributed by atoms with Gasteiger partial charge in [-0.15, -0.1) is 0 Å². The molecule has 0 unspecified atom stereocenters. The molecule has 0 spiro atoms. The third-order valence-corrected chi connectivity index (χ3v) is 3.78. The lowest BCUT2D eigenvalue weighted by molar-refractivity contribution is 0.101. The zero-order valence-corrected chi connectivity index (χ0v) is 11.4. The summed E-state index contributed by atoms with van der Waals surface area (Å²) in [6.45, 7) is 1.41. The van der Waals surface area contributed by atoms with Crippen LogP contribution < -0.4 is 0 Å². The van der Waals surface area contributed by atoms with Crippen LogP contribution in [-0.2, 0) is 0 Å². The van der Waals surface area contributed by atoms with Crippen molar-refractivity contribution in [3.63, 3.8) is 0 Å². The average Bonchev–Trinajstić information content (AvgIpc) is 2.83. The fraction of sp³-hybridized carbons (Fsp3) is 0.0667. The molecule has 100 valence electrons. The summed E-state index contributed by atoms with van der Waals surface area (Å²) in [5, 5.41) is 0.318. The quantitative estimate of drug-likeness (QED) is 0.673. The van der Waals surface area contributed by atoms with Gasteiger partial charge < -0.3 is 4.42 Å². The van der Waals surface area contributed by atoms with E-state index in [0.29, 0.717) is 21.9 Å². The van der Waals surface area contributed by atoms with Crippen molar-refractivity contribution in [1.29, 1.82) is 0 Å². The highest BCUT2D eigenvalue weighted by Crippen LogP contribution is 2.34. The fourth-order valence-corrected chi connectivity index (χ4v) is 2.81. The number of rotatable bonds is 3. The molecule has 3 aromatic rings. The summed E-state index contributed by atoms with van der Waals surface area (Å²) in [6.07, 6.45) is 0. The molecule has 0 N–H and O–H groups in total. The highest BCUT2D eigenvalue weighted by atomic mass is 32.2. The van der Waals surface area contributed by atoms with Crippen LogP contribution >= 0.6 is 11.8 Å². The van der Waals surface area contributed by atoms with Crippen molar-refractivity contribution < 1.29 is 13.6 Å². The molecule has 20 heavy (non-hydrogen) atoms. The normalized spacial score (nSPS) is 10.9. The summed E-state index contributed by atoms with van der Waals surface area (Å²) in [6, 6.07) is 11.7. The predicted molar refractivity (Wildman–Crippen MR) is 74.5 cm³/mol. The van der Waals surface area contributed by atoms with Crippen LogP contribution in [0.2, 0.25) is 0 Å². The maximum Gasteiger partial charge on any atom is 0.261 e. The van der Waals surface area contributed by atoms with E-state index in [-0.39, 0.29) is 10.7 Å². The molecular weight excluding hydrogens is 277 g/mol. The summed E-state index contributed by atoms with van der Waals surface area (Å²) in [5.41, 5.74) is 1.67. The number of halogens is 1. The summed E-state index contributed by atoms with van der Waals surface area (Å²) < 4.78 is 19.4. The SMILES string of the molecule is CC(=O)c1cccc(F)c1Sc1nc2ccccc2o1. The highest BCUT2D eigenvalue weighted by molar-refractivity contribution is 7.99. The van der Waals surface area contributed by atoms with E-state index in [2.05, 4.69) is 4.98 Å². The number of ketones is 1. The molecule has 0 fully saturated rings. The molecule has 0 saturated carbocycles. The molecule has 3 nitrogen and oxygen atoms in total. The van der Waals surface area contributed by atoms with Gasteiger partial charge in [-0.05, 0) is 36.9 Å². The summed E-state index contributed by atoms with van der Waals surface area (Å²) in [5.74, 6) is -0.645. The third-order valence-electron chi connectivity index (χ3n) is 2.81. The predicted octanol–water partition coefficient (Wildman–Crippen LogP) is 4.32. The van der Waals surface area contributed by atoms with Crippen LogP contribution in [0, 0.1) is 5.82 Å². The second-order valence-electron chi connectivity index (χ2n) is 4.22. The molecule has 2 aromatic carbocycles. The fourth-order valence-electron chi connectivity index (χ4n) is 1.87. The number of hydrogen-bond donors (Lipinski definition) is 0. The molecule has 0 amide bonds. The van der Waals surface area contributed by atoms with Crippen molar-refractivity contribution in [2.75, 3.05) is 0 Å². The van der Waals surface area contributed by atoms with Crippen LogP contribution in [0.25, 0.3) is 11.1 Å². The Labute approximate surface area is 118 Å². The number of carbonyl (C=O) groups excluding carboxylic acids is 1. The second kappa shape index (κ2) is 5.09. The number of para-hydroxylation sites is 2. The van der Waals surface area contributed by atoms with E-state index >= 15 is 0 Å². The first-order valence-electron chi connectivity index (χ1n) is 5.98. The zero-order valence-electron chi connectivity index (χ0n) is 10.6. The van der Waals surface area contributed by atoms with E-state index in [4.69, 9.17) is 4.42 Å². The Hall–Kier alpha value is -2.14. The first-order valence-corrected chi connectivity index (χ1v) is 6.79. The van der Waals surface area contributed by atoms with Crippen molar-refractivity contribution in [2.45, 2.75) is 17.0 Å². The standard InChI is InChI=1S/C15H10FNO2S/c1-9(18)10-5-4-6-11(16)14(10)20-15-17-12-7-2-3-8-13(12)19-15/h2-8H,1H3. The maximum atomic E-state index is 13.9. The van der Waals surface area contributed by atoms with E-state index in [0.717, 1.165) is 11.8 Å². The van der Waals surface area contributed by atoms with Gasteiger partial charge in [0.25, 0.3) is 5.22 Å². The van der Waals surface area contributed by atoms with Gasteiger partial charge in [-0.1, -0.05) is 24.3 Å². The minimum absolute atomic E-state index is 0.192. The first-order chi connectivity index (χ1) is 9.65. The van der Waals surface area contributed by atoms with Gasteiger partial charge in [0.2, 0.25) is 0 Å². The molecule has 5 heteroatoms. The molecule has 0 bridgehead atoms. The monoisotopic (exact) mass is 287 g/mol. The molecule has 0 aliphatic rings. The number of nitrogens with zero attached hydrogens (tertiary/aromatic N) is 1. The third kappa shape index (κ3) is 2.32. The largest absolute Gasteiger partial charge is 0.431 e. The highest BCUT2D eigenvalue weighted by Gasteiger charge is 2.16. The van der Waals surface area contributed by atoms with Crippen molar-refractivity contribution in [2.24, 2.45) is 0 Å². The lowest BCUT2D eigenvalue weighted by Crippen LogP contribution is -1.97. The van der Waals surface area contributed by atoms with E-state index < -0.39 is 5.82 Å². The van der Waals surface area contributed by atoms with Crippen molar-refractivity contribution in [3.8, 4) is 0 Å². The molecule has 1 aromatic heterocycles. The van der Waals surface area contributed by atoms with E-state index in [1.807, 2.05) is 18.2 Å². The van der Waals surface area contributed by atoms with Crippen LogP contribution in [0.4, 0.5) is 4.39 Å². The minimum Gasteiger partial charge on any atom is -0.431 e. The van der Waals surface area contributed by atoms with Crippen LogP contribution in [0.1, 0.15) is 17.3 Å². The Kier molecular flexibility index (Phi) is 3.28. The number of Topliss-reactive ketones (excluding diaryl/α,β-unsaturated/α-hetero) is 1. The number of benzene rings is 2. The van der Waals surface area contributed by atoms with Gasteiger partial charge in [0.1, 0.15) is 11.3 Å². The van der Waals surface area contributed by atoms with Crippen LogP contribution in [0.3, 0.4) is 0 Å². The van der Waals surface area contributed by atoms with Crippen molar-refractivity contribution >= 4 is 28.6 Å². The van der Waals surface area contributed by atoms with Gasteiger partial charge in [-0.3, -0.25) is 4.79 Å². The summed E-state index contributed by atoms with van der Waals surface area (Å²) in [7, 11) is 0. The lowest BCUT2D eigenvalue weighted by Gasteiger charge is -2.04. The van der Waals surface area contributed by atoms with Crippen LogP contribution in [0.5, 0.6) is 0 Å². The Morgan fingerprint density at radius 2 is 2.00 bits per heavy atom. The summed E-state index contributed by atoms with van der Waals surface area (Å²) >= 11 is 1.02. The average molecular weight is 287 g/mol. The number of oxazole rings is 1. The van der Waals surface area contributed by atoms with Gasteiger partial charge in [0, 0.05) is 5.56 Å². The molecule has 0 radical (unpaired) electrons. The Morgan fingerprint density at radius 1 is 1.20 bits per heavy atom. The van der Waals surface area contributed by atoms with Crippen LogP contribution in [-0.4, -0.2) is 10.8 Å². The molecule has 0 aliphatic heterocycles. The van der Waals surface area contributed by atoms with Gasteiger partial charge in [-0.2, -0.15) is 0 Å². The smallest absolute Gasteiger partial charge is 0.261 e. The topological polar surface area (TPSA) is 43.1 Å². The molecule has 1 heterocycles. The molecule has 0 saturated heterocycles. The number of fused-ring (bicyclic) bond motifs is 1. The van der Waals surface area contributed by atoms with Gasteiger partial charge >= 0.3 is 0 Å². The lowest BCUT2D eigenvalue weighted by atomic mass is 10.1. The Morgan fingerprint density at radius 3 is 2.75 bits per heavy atom. The molecular formula is C15H10FNO2S. The molecule has 0 atom stereocenters. The van der Waals surface area contributed by atoms with Gasteiger partial charge in [0.15, 0.2) is 11.4 Å². The van der Waals surface area contributed by atoms with E-state index in [1.165, 1.54) is 19.1 Å². The Balaban J connectivity index is 2.04. The Bertz CT molecular complexity index is 764. The second-order valence-corrected chi connectivity index (χ2v) is 5.18. The minimum atomic E-state index is -0.454. The number of carbonyl (C=O) groups is 1.